The van der Waals surface area contributed by atoms with E-state index >= 15 is 0 Å². The summed E-state index contributed by atoms with van der Waals surface area (Å²) in [5, 5.41) is 3.24. The van der Waals surface area contributed by atoms with Crippen molar-refractivity contribution >= 4 is 21.9 Å². The molecule has 0 spiro atoms. The molecule has 0 aliphatic carbocycles. The lowest BCUT2D eigenvalue weighted by molar-refractivity contribution is -0.145. The number of ether oxygens (including phenoxy) is 1. The van der Waals surface area contributed by atoms with Crippen LogP contribution in [0.4, 0.5) is 0 Å². The van der Waals surface area contributed by atoms with E-state index in [1.807, 2.05) is 12.1 Å². The lowest BCUT2D eigenvalue weighted by Crippen LogP contribution is -2.22. The molecule has 4 heteroatoms. The van der Waals surface area contributed by atoms with E-state index in [0.717, 1.165) is 11.0 Å². The highest BCUT2D eigenvalue weighted by Crippen LogP contribution is 2.29. The highest BCUT2D eigenvalue weighted by Gasteiger charge is 2.34. The second-order valence-corrected chi connectivity index (χ2v) is 4.86. The molecule has 86 valence electrons. The fraction of sp³-hybridized carbons (Fsp3) is 0.417. The van der Waals surface area contributed by atoms with E-state index < -0.39 is 0 Å². The first-order valence-electron chi connectivity index (χ1n) is 5.26. The van der Waals surface area contributed by atoms with E-state index in [-0.39, 0.29) is 17.8 Å². The maximum atomic E-state index is 11.6. The summed E-state index contributed by atoms with van der Waals surface area (Å²) in [6.07, 6.45) is 0. The Kier molecular flexibility index (Phi) is 3.61. The van der Waals surface area contributed by atoms with Crippen LogP contribution in [0.5, 0.6) is 0 Å². The van der Waals surface area contributed by atoms with Crippen molar-refractivity contribution in [2.75, 3.05) is 20.2 Å². The molecule has 2 rings (SSSR count). The van der Waals surface area contributed by atoms with E-state index in [0.29, 0.717) is 6.54 Å². The number of carbonyl (C=O) groups is 1. The average Bonchev–Trinajstić information content (AvgIpc) is 2.78. The minimum Gasteiger partial charge on any atom is -0.469 e. The summed E-state index contributed by atoms with van der Waals surface area (Å²) in [6, 6.07) is 8.11. The summed E-state index contributed by atoms with van der Waals surface area (Å²) in [5.74, 6) is 0.0321. The van der Waals surface area contributed by atoms with Crippen LogP contribution < -0.4 is 5.32 Å². The second kappa shape index (κ2) is 4.97. The Balaban J connectivity index is 2.19. The average molecular weight is 284 g/mol. The first-order chi connectivity index (χ1) is 7.72. The van der Waals surface area contributed by atoms with Crippen LogP contribution in [0.3, 0.4) is 0 Å². The van der Waals surface area contributed by atoms with E-state index in [4.69, 9.17) is 4.74 Å². The zero-order chi connectivity index (χ0) is 11.5. The molecular formula is C12H14BrNO2. The lowest BCUT2D eigenvalue weighted by Gasteiger charge is -2.16. The molecule has 0 aromatic heterocycles. The maximum Gasteiger partial charge on any atom is 0.310 e. The third kappa shape index (κ3) is 2.28. The van der Waals surface area contributed by atoms with Gasteiger partial charge in [-0.05, 0) is 17.7 Å². The Bertz CT molecular complexity index is 377. The normalized spacial score (nSPS) is 24.4. The number of esters is 1. The van der Waals surface area contributed by atoms with Crippen LogP contribution in [0, 0.1) is 5.92 Å². The molecule has 1 fully saturated rings. The molecule has 0 saturated carbocycles. The summed E-state index contributed by atoms with van der Waals surface area (Å²) < 4.78 is 5.87. The van der Waals surface area contributed by atoms with Gasteiger partial charge in [-0.3, -0.25) is 4.79 Å². The van der Waals surface area contributed by atoms with Crippen molar-refractivity contribution in [3.63, 3.8) is 0 Å². The van der Waals surface area contributed by atoms with Gasteiger partial charge in [0.05, 0.1) is 13.0 Å². The van der Waals surface area contributed by atoms with Gasteiger partial charge >= 0.3 is 5.97 Å². The van der Waals surface area contributed by atoms with E-state index in [2.05, 4.69) is 33.4 Å². The van der Waals surface area contributed by atoms with Crippen LogP contribution in [0.25, 0.3) is 0 Å². The highest BCUT2D eigenvalue weighted by molar-refractivity contribution is 9.10. The number of hydrogen-bond acceptors (Lipinski definition) is 3. The number of benzene rings is 1. The number of halogens is 1. The molecule has 2 atom stereocenters. The largest absolute Gasteiger partial charge is 0.469 e. The van der Waals surface area contributed by atoms with Gasteiger partial charge in [-0.25, -0.2) is 0 Å². The number of hydrogen-bond donors (Lipinski definition) is 1. The second-order valence-electron chi connectivity index (χ2n) is 3.95. The maximum absolute atomic E-state index is 11.6. The molecule has 0 amide bonds. The van der Waals surface area contributed by atoms with Gasteiger partial charge in [0, 0.05) is 23.5 Å². The van der Waals surface area contributed by atoms with Crippen molar-refractivity contribution in [2.24, 2.45) is 5.92 Å². The highest BCUT2D eigenvalue weighted by atomic mass is 79.9. The van der Waals surface area contributed by atoms with Crippen molar-refractivity contribution in [3.05, 3.63) is 34.3 Å². The number of nitrogens with one attached hydrogen (secondary N) is 1. The molecular weight excluding hydrogens is 270 g/mol. The minimum atomic E-state index is -0.127. The van der Waals surface area contributed by atoms with Crippen LogP contribution in [0.1, 0.15) is 11.5 Å². The quantitative estimate of drug-likeness (QED) is 0.843. The van der Waals surface area contributed by atoms with Crippen molar-refractivity contribution in [1.29, 1.82) is 0 Å². The minimum absolute atomic E-state index is 0.0637. The van der Waals surface area contributed by atoms with Gasteiger partial charge < -0.3 is 10.1 Å². The summed E-state index contributed by atoms with van der Waals surface area (Å²) >= 11 is 3.40. The molecule has 1 N–H and O–H groups in total. The van der Waals surface area contributed by atoms with Gasteiger partial charge in [0.25, 0.3) is 0 Å². The van der Waals surface area contributed by atoms with E-state index in [1.165, 1.54) is 12.7 Å². The molecule has 0 radical (unpaired) electrons. The Morgan fingerprint density at radius 3 is 2.69 bits per heavy atom. The Labute approximate surface area is 103 Å². The lowest BCUT2D eigenvalue weighted by atomic mass is 9.89. The number of rotatable bonds is 2. The summed E-state index contributed by atoms with van der Waals surface area (Å²) in [4.78, 5) is 11.6. The molecule has 1 aromatic rings. The van der Waals surface area contributed by atoms with Crippen molar-refractivity contribution in [1.82, 2.24) is 5.32 Å². The van der Waals surface area contributed by atoms with Crippen molar-refractivity contribution in [2.45, 2.75) is 5.92 Å². The summed E-state index contributed by atoms with van der Waals surface area (Å²) in [6.45, 7) is 1.54. The third-order valence-corrected chi connectivity index (χ3v) is 3.54. The molecule has 1 aliphatic rings. The summed E-state index contributed by atoms with van der Waals surface area (Å²) in [5.41, 5.74) is 1.18. The van der Waals surface area contributed by atoms with E-state index in [1.54, 1.807) is 0 Å². The predicted molar refractivity (Wildman–Crippen MR) is 65.3 cm³/mol. The zero-order valence-corrected chi connectivity index (χ0v) is 10.7. The molecule has 16 heavy (non-hydrogen) atoms. The number of methoxy groups -OCH3 is 1. The van der Waals surface area contributed by atoms with Gasteiger partial charge in [-0.15, -0.1) is 0 Å². The Morgan fingerprint density at radius 2 is 2.06 bits per heavy atom. The molecule has 1 aromatic carbocycles. The SMILES string of the molecule is COC(=O)[C@@H]1CNC[C@@H]1c1ccc(Br)cc1. The van der Waals surface area contributed by atoms with Crippen molar-refractivity contribution < 1.29 is 9.53 Å². The van der Waals surface area contributed by atoms with Crippen LogP contribution >= 0.6 is 15.9 Å². The van der Waals surface area contributed by atoms with Crippen LogP contribution in [-0.2, 0) is 9.53 Å². The molecule has 3 nitrogen and oxygen atoms in total. The van der Waals surface area contributed by atoms with E-state index in [9.17, 15) is 4.79 Å². The monoisotopic (exact) mass is 283 g/mol. The predicted octanol–water partition coefficient (Wildman–Crippen LogP) is 1.93. The van der Waals surface area contributed by atoms with Crippen LogP contribution in [0.15, 0.2) is 28.7 Å². The zero-order valence-electron chi connectivity index (χ0n) is 9.07. The van der Waals surface area contributed by atoms with Gasteiger partial charge in [0.1, 0.15) is 0 Å². The van der Waals surface area contributed by atoms with Gasteiger partial charge in [-0.1, -0.05) is 28.1 Å². The molecule has 0 unspecified atom stereocenters. The standard InChI is InChI=1S/C12H14BrNO2/c1-16-12(15)11-7-14-6-10(11)8-2-4-9(13)5-3-8/h2-5,10-11,14H,6-7H2,1H3/t10-,11-/m1/s1. The fourth-order valence-corrected chi connectivity index (χ4v) is 2.40. The Hall–Kier alpha value is -0.870. The smallest absolute Gasteiger partial charge is 0.310 e. The summed E-state index contributed by atoms with van der Waals surface area (Å²) in [7, 11) is 1.44. The number of carbonyl (C=O) groups excluding carboxylic acids is 1. The van der Waals surface area contributed by atoms with Gasteiger partial charge in [0.2, 0.25) is 0 Å². The fourth-order valence-electron chi connectivity index (χ4n) is 2.14. The molecule has 1 saturated heterocycles. The third-order valence-electron chi connectivity index (χ3n) is 3.02. The van der Waals surface area contributed by atoms with Crippen molar-refractivity contribution in [3.8, 4) is 0 Å². The molecule has 1 aliphatic heterocycles. The first kappa shape index (κ1) is 11.6. The molecule has 1 heterocycles. The van der Waals surface area contributed by atoms with Gasteiger partial charge in [-0.2, -0.15) is 0 Å². The Morgan fingerprint density at radius 1 is 1.38 bits per heavy atom. The van der Waals surface area contributed by atoms with Gasteiger partial charge in [0.15, 0.2) is 0 Å². The van der Waals surface area contributed by atoms with Crippen LogP contribution in [0.2, 0.25) is 0 Å². The topological polar surface area (TPSA) is 38.3 Å². The van der Waals surface area contributed by atoms with Crippen LogP contribution in [-0.4, -0.2) is 26.2 Å². The first-order valence-corrected chi connectivity index (χ1v) is 6.05. The molecule has 0 bridgehead atoms.